The highest BCUT2D eigenvalue weighted by Crippen LogP contribution is 2.14. The standard InChI is InChI=1S/C9H8.C7H8.C2H6/c1-3-8-6-5-7-9(8)4-2;1-7-5-3-2-4-6-7;1-2/h3-6H,1-2H2;2-6H,1H3;1-2H3. The molecule has 2 rings (SSSR count). The van der Waals surface area contributed by atoms with E-state index in [1.807, 2.05) is 44.2 Å². The second-order valence-electron chi connectivity index (χ2n) is 3.41. The van der Waals surface area contributed by atoms with Gasteiger partial charge in [-0.2, -0.15) is 0 Å². The Bertz CT molecular complexity index is 452. The Kier molecular flexibility index (Phi) is 8.99. The number of aryl methyl sites for hydroxylation is 1. The van der Waals surface area contributed by atoms with Gasteiger partial charge in [0.05, 0.1) is 0 Å². The molecule has 0 saturated heterocycles. The van der Waals surface area contributed by atoms with Gasteiger partial charge in [-0.3, -0.25) is 0 Å². The minimum absolute atomic E-state index is 1.03. The van der Waals surface area contributed by atoms with E-state index in [2.05, 4.69) is 37.9 Å². The highest BCUT2D eigenvalue weighted by molar-refractivity contribution is 5.50. The molecule has 0 spiro atoms. The molecule has 0 nitrogen and oxygen atoms in total. The van der Waals surface area contributed by atoms with E-state index in [1.165, 1.54) is 5.56 Å². The summed E-state index contributed by atoms with van der Waals surface area (Å²) in [6.07, 6.45) is 7.41. The monoisotopic (exact) mass is 238 g/mol. The van der Waals surface area contributed by atoms with Gasteiger partial charge in [-0.05, 0) is 24.6 Å². The third kappa shape index (κ3) is 5.89. The first-order chi connectivity index (χ1) is 8.77. The van der Waals surface area contributed by atoms with E-state index in [1.54, 1.807) is 12.2 Å². The van der Waals surface area contributed by atoms with Gasteiger partial charge >= 0.3 is 0 Å². The molecule has 0 amide bonds. The lowest BCUT2D eigenvalue weighted by Crippen LogP contribution is -1.73. The Balaban J connectivity index is 0.000000289. The van der Waals surface area contributed by atoms with E-state index < -0.39 is 0 Å². The quantitative estimate of drug-likeness (QED) is 0.605. The molecule has 0 bridgehead atoms. The fourth-order valence-electron chi connectivity index (χ4n) is 1.28. The van der Waals surface area contributed by atoms with Crippen molar-refractivity contribution in [2.75, 3.05) is 0 Å². The summed E-state index contributed by atoms with van der Waals surface area (Å²) in [6.45, 7) is 13.4. The van der Waals surface area contributed by atoms with E-state index in [-0.39, 0.29) is 0 Å². The van der Waals surface area contributed by atoms with E-state index >= 15 is 0 Å². The molecule has 0 radical (unpaired) electrons. The molecular formula is C18H22. The maximum absolute atomic E-state index is 3.64. The Morgan fingerprint density at radius 3 is 1.94 bits per heavy atom. The number of hydrogen-bond acceptors (Lipinski definition) is 0. The normalized spacial score (nSPS) is 11.1. The fraction of sp³-hybridized carbons (Fsp3) is 0.167. The van der Waals surface area contributed by atoms with Gasteiger partial charge < -0.3 is 0 Å². The van der Waals surface area contributed by atoms with Crippen LogP contribution >= 0.6 is 0 Å². The first-order valence-corrected chi connectivity index (χ1v) is 6.22. The zero-order chi connectivity index (χ0) is 13.8. The molecule has 0 heteroatoms. The number of rotatable bonds is 2. The largest absolute Gasteiger partial charge is 0.112 e. The van der Waals surface area contributed by atoms with Crippen LogP contribution in [0.4, 0.5) is 0 Å². The third-order valence-corrected chi connectivity index (χ3v) is 2.18. The van der Waals surface area contributed by atoms with Crippen LogP contribution in [-0.2, 0) is 0 Å². The van der Waals surface area contributed by atoms with Gasteiger partial charge in [-0.25, -0.2) is 0 Å². The zero-order valence-corrected chi connectivity index (χ0v) is 11.6. The van der Waals surface area contributed by atoms with Crippen LogP contribution in [0.1, 0.15) is 19.4 Å². The van der Waals surface area contributed by atoms with Gasteiger partial charge in [0.25, 0.3) is 0 Å². The van der Waals surface area contributed by atoms with Gasteiger partial charge in [0, 0.05) is 5.57 Å². The minimum Gasteiger partial charge on any atom is -0.112 e. The highest BCUT2D eigenvalue weighted by Gasteiger charge is 1.96. The minimum atomic E-state index is 1.03. The van der Waals surface area contributed by atoms with E-state index in [0.717, 1.165) is 11.1 Å². The van der Waals surface area contributed by atoms with Gasteiger partial charge in [0.1, 0.15) is 0 Å². The van der Waals surface area contributed by atoms with Crippen LogP contribution < -0.4 is 0 Å². The van der Waals surface area contributed by atoms with Crippen LogP contribution in [0.15, 0.2) is 84.7 Å². The predicted octanol–water partition coefficient (Wildman–Crippen LogP) is 5.40. The number of hydrogen-bond donors (Lipinski definition) is 0. The SMILES string of the molecule is C=CC1=C=CC=C1C=C.CC.Cc1ccccc1. The van der Waals surface area contributed by atoms with E-state index in [4.69, 9.17) is 0 Å². The summed E-state index contributed by atoms with van der Waals surface area (Å²) in [6, 6.07) is 10.3. The van der Waals surface area contributed by atoms with E-state index in [0.29, 0.717) is 0 Å². The van der Waals surface area contributed by atoms with Crippen LogP contribution in [0.5, 0.6) is 0 Å². The maximum Gasteiger partial charge on any atom is 0.0231 e. The molecule has 18 heavy (non-hydrogen) atoms. The Labute approximate surface area is 111 Å². The molecule has 0 unspecified atom stereocenters. The molecule has 0 aliphatic heterocycles. The molecule has 0 fully saturated rings. The van der Waals surface area contributed by atoms with Crippen LogP contribution in [0, 0.1) is 6.92 Å². The van der Waals surface area contributed by atoms with Gasteiger partial charge in [0.15, 0.2) is 0 Å². The van der Waals surface area contributed by atoms with Crippen molar-refractivity contribution >= 4 is 0 Å². The van der Waals surface area contributed by atoms with Crippen LogP contribution in [-0.4, -0.2) is 0 Å². The highest BCUT2D eigenvalue weighted by atomic mass is 14.0. The maximum atomic E-state index is 3.64. The fourth-order valence-corrected chi connectivity index (χ4v) is 1.28. The Hall–Kier alpha value is -2.04. The van der Waals surface area contributed by atoms with Gasteiger partial charge in [-0.1, -0.05) is 75.1 Å². The summed E-state index contributed by atoms with van der Waals surface area (Å²) in [5.41, 5.74) is 6.47. The lowest BCUT2D eigenvalue weighted by molar-refractivity contribution is 1.48. The number of allylic oxidation sites excluding steroid dienone is 5. The topological polar surface area (TPSA) is 0 Å². The molecule has 0 atom stereocenters. The Morgan fingerprint density at radius 1 is 1.00 bits per heavy atom. The van der Waals surface area contributed by atoms with Crippen LogP contribution in [0.25, 0.3) is 0 Å². The van der Waals surface area contributed by atoms with Crippen molar-refractivity contribution in [3.63, 3.8) is 0 Å². The summed E-state index contributed by atoms with van der Waals surface area (Å²) in [4.78, 5) is 0. The average Bonchev–Trinajstić information content (AvgIpc) is 2.90. The van der Waals surface area contributed by atoms with Crippen molar-refractivity contribution in [2.45, 2.75) is 20.8 Å². The first-order valence-electron chi connectivity index (χ1n) is 6.22. The van der Waals surface area contributed by atoms with Gasteiger partial charge in [0.2, 0.25) is 0 Å². The van der Waals surface area contributed by atoms with Crippen molar-refractivity contribution in [3.05, 3.63) is 90.2 Å². The summed E-state index contributed by atoms with van der Waals surface area (Å²) < 4.78 is 0. The second kappa shape index (κ2) is 10.1. The molecule has 1 aliphatic rings. The molecule has 1 aliphatic carbocycles. The molecule has 0 N–H and O–H groups in total. The lowest BCUT2D eigenvalue weighted by Gasteiger charge is -1.91. The predicted molar refractivity (Wildman–Crippen MR) is 82.6 cm³/mol. The second-order valence-corrected chi connectivity index (χ2v) is 3.41. The molecule has 0 saturated carbocycles. The van der Waals surface area contributed by atoms with Crippen molar-refractivity contribution in [1.82, 2.24) is 0 Å². The molecule has 0 aromatic heterocycles. The molecule has 1 aromatic carbocycles. The van der Waals surface area contributed by atoms with Crippen molar-refractivity contribution in [1.29, 1.82) is 0 Å². The molecular weight excluding hydrogens is 216 g/mol. The summed E-state index contributed by atoms with van der Waals surface area (Å²) in [7, 11) is 0. The van der Waals surface area contributed by atoms with Crippen LogP contribution in [0.2, 0.25) is 0 Å². The molecule has 1 aromatic rings. The van der Waals surface area contributed by atoms with Crippen molar-refractivity contribution in [2.24, 2.45) is 0 Å². The summed E-state index contributed by atoms with van der Waals surface area (Å²) >= 11 is 0. The molecule has 94 valence electrons. The average molecular weight is 238 g/mol. The number of benzene rings is 1. The summed E-state index contributed by atoms with van der Waals surface area (Å²) in [5.74, 6) is 0. The Morgan fingerprint density at radius 2 is 1.61 bits per heavy atom. The lowest BCUT2D eigenvalue weighted by atomic mass is 10.1. The summed E-state index contributed by atoms with van der Waals surface area (Å²) in [5, 5.41) is 0. The smallest absolute Gasteiger partial charge is 0.0231 e. The first kappa shape index (κ1) is 16.0. The molecule has 0 heterocycles. The van der Waals surface area contributed by atoms with Crippen molar-refractivity contribution in [3.8, 4) is 0 Å². The zero-order valence-electron chi connectivity index (χ0n) is 11.6. The van der Waals surface area contributed by atoms with Crippen LogP contribution in [0.3, 0.4) is 0 Å². The van der Waals surface area contributed by atoms with Gasteiger partial charge in [-0.15, -0.1) is 5.73 Å². The third-order valence-electron chi connectivity index (χ3n) is 2.18. The van der Waals surface area contributed by atoms with E-state index in [9.17, 15) is 0 Å². The van der Waals surface area contributed by atoms with Crippen molar-refractivity contribution < 1.29 is 0 Å².